The average Bonchev–Trinajstić information content (AvgIpc) is 3.39. The molecule has 0 aliphatic carbocycles. The summed E-state index contributed by atoms with van der Waals surface area (Å²) in [6, 6.07) is 10.7. The molecule has 1 amide bonds. The number of thiazole rings is 1. The van der Waals surface area contributed by atoms with Gasteiger partial charge in [-0.1, -0.05) is 68.4 Å². The maximum absolute atomic E-state index is 12.3. The molecule has 1 aliphatic heterocycles. The molecule has 32 heavy (non-hydrogen) atoms. The number of unbranched alkanes of at least 4 members (excludes halogenated alkanes) is 1. The van der Waals surface area contributed by atoms with E-state index < -0.39 is 6.29 Å². The van der Waals surface area contributed by atoms with E-state index in [1.807, 2.05) is 6.07 Å². The lowest BCUT2D eigenvalue weighted by atomic mass is 10.1. The maximum Gasteiger partial charge on any atom is 0.277 e. The van der Waals surface area contributed by atoms with Crippen LogP contribution in [0.15, 0.2) is 49.0 Å². The highest BCUT2D eigenvalue weighted by molar-refractivity contribution is 7.15. The van der Waals surface area contributed by atoms with Gasteiger partial charge in [-0.05, 0) is 44.2 Å². The molecule has 2 heterocycles. The first-order chi connectivity index (χ1) is 15.4. The number of amides is 1. The third-order valence-corrected chi connectivity index (χ3v) is 6.48. The number of carbonyl (C=O) groups excluding carboxylic acids is 1. The van der Waals surface area contributed by atoms with Crippen LogP contribution in [0.3, 0.4) is 0 Å². The monoisotopic (exact) mass is 457 g/mol. The molecule has 1 aliphatic rings. The molecule has 6 nitrogen and oxygen atoms in total. The summed E-state index contributed by atoms with van der Waals surface area (Å²) in [6.07, 6.45) is 6.38. The van der Waals surface area contributed by atoms with Crippen molar-refractivity contribution < 1.29 is 14.3 Å². The first kappa shape index (κ1) is 24.1. The number of rotatable bonds is 12. The van der Waals surface area contributed by atoms with E-state index in [4.69, 9.17) is 9.47 Å². The van der Waals surface area contributed by atoms with Crippen molar-refractivity contribution in [2.24, 2.45) is 5.92 Å². The molecule has 3 rings (SSSR count). The highest BCUT2D eigenvalue weighted by atomic mass is 32.1. The number of hydrogen-bond acceptors (Lipinski definition) is 6. The molecule has 174 valence electrons. The molecule has 0 radical (unpaired) electrons. The smallest absolute Gasteiger partial charge is 0.277 e. The molecule has 7 heteroatoms. The second-order valence-corrected chi connectivity index (χ2v) is 9.71. The maximum atomic E-state index is 12.3. The van der Waals surface area contributed by atoms with Gasteiger partial charge in [0.05, 0.1) is 12.7 Å². The van der Waals surface area contributed by atoms with Crippen LogP contribution in [0.25, 0.3) is 0 Å². The van der Waals surface area contributed by atoms with Crippen molar-refractivity contribution >= 4 is 17.2 Å². The summed E-state index contributed by atoms with van der Waals surface area (Å²) in [5.74, 6) is 1.21. The van der Waals surface area contributed by atoms with Crippen LogP contribution in [0.2, 0.25) is 0 Å². The molecule has 1 saturated heterocycles. The van der Waals surface area contributed by atoms with E-state index in [1.54, 1.807) is 6.20 Å². The van der Waals surface area contributed by atoms with Crippen molar-refractivity contribution in [1.82, 2.24) is 15.2 Å². The van der Waals surface area contributed by atoms with Crippen molar-refractivity contribution in [2.75, 3.05) is 13.1 Å². The fourth-order valence-corrected chi connectivity index (χ4v) is 4.40. The Hall–Kier alpha value is -2.54. The Balaban J connectivity index is 1.42. The standard InChI is InChI=1S/C25H35N3O3S/c1-18(2)10-8-9-15-26-24(29)22-16-27-25(32-22)31-23-17-28(20(4)30-23)19(3)13-14-21-11-6-5-7-12-21/h5-7,11-12,16,18-19,23H,4,8-10,13-15,17H2,1-3H3,(H,26,29). The number of carbonyl (C=O) groups is 1. The molecular formula is C25H35N3O3S. The Kier molecular flexibility index (Phi) is 8.97. The van der Waals surface area contributed by atoms with E-state index in [0.29, 0.717) is 35.0 Å². The van der Waals surface area contributed by atoms with E-state index >= 15 is 0 Å². The predicted octanol–water partition coefficient (Wildman–Crippen LogP) is 5.23. The van der Waals surface area contributed by atoms with Crippen LogP contribution in [0, 0.1) is 5.92 Å². The lowest BCUT2D eigenvalue weighted by Crippen LogP contribution is -2.32. The first-order valence-electron chi connectivity index (χ1n) is 11.5. The van der Waals surface area contributed by atoms with Gasteiger partial charge in [-0.15, -0.1) is 0 Å². The first-order valence-corrected chi connectivity index (χ1v) is 12.3. The summed E-state index contributed by atoms with van der Waals surface area (Å²) in [4.78, 5) is 19.3. The summed E-state index contributed by atoms with van der Waals surface area (Å²) in [6.45, 7) is 11.9. The minimum Gasteiger partial charge on any atom is -0.438 e. The van der Waals surface area contributed by atoms with Crippen LogP contribution >= 0.6 is 11.3 Å². The van der Waals surface area contributed by atoms with Gasteiger partial charge >= 0.3 is 0 Å². The lowest BCUT2D eigenvalue weighted by Gasteiger charge is -2.24. The van der Waals surface area contributed by atoms with E-state index in [9.17, 15) is 4.79 Å². The number of benzene rings is 1. The number of nitrogens with zero attached hydrogens (tertiary/aromatic N) is 2. The minimum atomic E-state index is -0.472. The zero-order valence-corrected chi connectivity index (χ0v) is 20.2. The second kappa shape index (κ2) is 11.9. The molecule has 1 aromatic heterocycles. The number of aromatic nitrogens is 1. The molecule has 0 spiro atoms. The molecule has 2 aromatic rings. The third-order valence-electron chi connectivity index (χ3n) is 5.59. The minimum absolute atomic E-state index is 0.102. The lowest BCUT2D eigenvalue weighted by molar-refractivity contribution is -0.00478. The number of nitrogens with one attached hydrogen (secondary N) is 1. The quantitative estimate of drug-likeness (QED) is 0.442. The summed E-state index contributed by atoms with van der Waals surface area (Å²) in [7, 11) is 0. The number of hydrogen-bond donors (Lipinski definition) is 1. The van der Waals surface area contributed by atoms with E-state index in [1.165, 1.54) is 23.3 Å². The van der Waals surface area contributed by atoms with Crippen molar-refractivity contribution in [2.45, 2.75) is 65.2 Å². The summed E-state index contributed by atoms with van der Waals surface area (Å²) >= 11 is 1.24. The van der Waals surface area contributed by atoms with Crippen LogP contribution in [0.4, 0.5) is 0 Å². The molecule has 1 aromatic carbocycles. The fourth-order valence-electron chi connectivity index (χ4n) is 3.68. The molecule has 2 unspecified atom stereocenters. The van der Waals surface area contributed by atoms with Gasteiger partial charge in [0, 0.05) is 12.6 Å². The van der Waals surface area contributed by atoms with Gasteiger partial charge in [-0.3, -0.25) is 4.79 Å². The Morgan fingerprint density at radius 3 is 2.81 bits per heavy atom. The highest BCUT2D eigenvalue weighted by Crippen LogP contribution is 2.28. The predicted molar refractivity (Wildman–Crippen MR) is 129 cm³/mol. The van der Waals surface area contributed by atoms with E-state index in [0.717, 1.165) is 25.7 Å². The Labute approximate surface area is 195 Å². The molecule has 1 N–H and O–H groups in total. The third kappa shape index (κ3) is 7.26. The summed E-state index contributed by atoms with van der Waals surface area (Å²) < 4.78 is 11.7. The Bertz CT molecular complexity index is 868. The van der Waals surface area contributed by atoms with Gasteiger partial charge in [0.2, 0.25) is 0 Å². The normalized spacial score (nSPS) is 16.8. The van der Waals surface area contributed by atoms with Crippen molar-refractivity contribution in [3.63, 3.8) is 0 Å². The number of ether oxygens (including phenoxy) is 2. The van der Waals surface area contributed by atoms with Gasteiger partial charge < -0.3 is 19.7 Å². The molecule has 0 saturated carbocycles. The van der Waals surface area contributed by atoms with E-state index in [-0.39, 0.29) is 11.9 Å². The van der Waals surface area contributed by atoms with Crippen LogP contribution in [-0.4, -0.2) is 41.2 Å². The highest BCUT2D eigenvalue weighted by Gasteiger charge is 2.32. The van der Waals surface area contributed by atoms with E-state index in [2.05, 4.69) is 66.8 Å². The Morgan fingerprint density at radius 2 is 2.06 bits per heavy atom. The zero-order valence-electron chi connectivity index (χ0n) is 19.4. The zero-order chi connectivity index (χ0) is 22.9. The molecule has 1 fully saturated rings. The van der Waals surface area contributed by atoms with Crippen molar-refractivity contribution in [3.05, 3.63) is 59.4 Å². The topological polar surface area (TPSA) is 63.7 Å². The van der Waals surface area contributed by atoms with Crippen LogP contribution in [0.5, 0.6) is 5.19 Å². The van der Waals surface area contributed by atoms with Gasteiger partial charge in [-0.25, -0.2) is 4.98 Å². The van der Waals surface area contributed by atoms with Gasteiger partial charge in [0.15, 0.2) is 5.88 Å². The second-order valence-electron chi connectivity index (χ2n) is 8.72. The Morgan fingerprint density at radius 1 is 1.28 bits per heavy atom. The SMILES string of the molecule is C=C1OC(Oc2ncc(C(=O)NCCCCC(C)C)s2)CN1C(C)CCc1ccccc1. The van der Waals surface area contributed by atoms with Gasteiger partial charge in [0.1, 0.15) is 4.88 Å². The van der Waals surface area contributed by atoms with Crippen molar-refractivity contribution in [1.29, 1.82) is 0 Å². The molecule has 0 bridgehead atoms. The summed E-state index contributed by atoms with van der Waals surface area (Å²) in [5.41, 5.74) is 1.33. The molecule has 2 atom stereocenters. The number of aryl methyl sites for hydroxylation is 1. The summed E-state index contributed by atoms with van der Waals surface area (Å²) in [5, 5.41) is 3.40. The average molecular weight is 458 g/mol. The fraction of sp³-hybridized carbons (Fsp3) is 0.520. The van der Waals surface area contributed by atoms with Gasteiger partial charge in [0.25, 0.3) is 17.4 Å². The van der Waals surface area contributed by atoms with Crippen LogP contribution in [-0.2, 0) is 11.2 Å². The van der Waals surface area contributed by atoms with Crippen LogP contribution < -0.4 is 10.1 Å². The van der Waals surface area contributed by atoms with Gasteiger partial charge in [-0.2, -0.15) is 0 Å². The largest absolute Gasteiger partial charge is 0.438 e. The molecular weight excluding hydrogens is 422 g/mol. The van der Waals surface area contributed by atoms with Crippen molar-refractivity contribution in [3.8, 4) is 5.19 Å². The van der Waals surface area contributed by atoms with Crippen LogP contribution in [0.1, 0.15) is 61.7 Å².